The smallest absolute Gasteiger partial charge is 0.330 e. The van der Waals surface area contributed by atoms with E-state index in [2.05, 4.69) is 16.8 Å². The maximum Gasteiger partial charge on any atom is 0.330 e. The molecule has 0 aromatic carbocycles. The average molecular weight is 336 g/mol. The third kappa shape index (κ3) is 2.50. The van der Waals surface area contributed by atoms with Gasteiger partial charge in [0.05, 0.1) is 5.52 Å². The zero-order valence-corrected chi connectivity index (χ0v) is 14.0. The highest BCUT2D eigenvalue weighted by atomic mass is 19.3. The predicted molar refractivity (Wildman–Crippen MR) is 88.6 cm³/mol. The van der Waals surface area contributed by atoms with Crippen LogP contribution in [0, 0.1) is 11.8 Å². The first kappa shape index (κ1) is 15.6. The van der Waals surface area contributed by atoms with Crippen molar-refractivity contribution in [1.29, 1.82) is 0 Å². The van der Waals surface area contributed by atoms with Crippen molar-refractivity contribution in [1.82, 2.24) is 14.1 Å². The summed E-state index contributed by atoms with van der Waals surface area (Å²) in [4.78, 5) is 19.3. The molecule has 1 atom stereocenters. The fourth-order valence-corrected chi connectivity index (χ4v) is 3.54. The normalized spacial score (nSPS) is 23.8. The maximum atomic E-state index is 13.2. The largest absolute Gasteiger partial charge is 0.357 e. The molecule has 2 aliphatic rings. The second-order valence-electron chi connectivity index (χ2n) is 7.30. The molecule has 2 aromatic rings. The van der Waals surface area contributed by atoms with E-state index in [1.807, 2.05) is 12.1 Å². The zero-order valence-electron chi connectivity index (χ0n) is 14.0. The van der Waals surface area contributed by atoms with Crippen molar-refractivity contribution in [2.75, 3.05) is 18.0 Å². The van der Waals surface area contributed by atoms with Crippen LogP contribution in [0.3, 0.4) is 0 Å². The van der Waals surface area contributed by atoms with Gasteiger partial charge in [-0.2, -0.15) is 0 Å². The van der Waals surface area contributed by atoms with Crippen molar-refractivity contribution >= 4 is 17.0 Å². The molecule has 130 valence electrons. The molecule has 5 nitrogen and oxygen atoms in total. The summed E-state index contributed by atoms with van der Waals surface area (Å²) in [7, 11) is 1.65. The SMILES string of the molecule is CC1CCN(c2ccc3c(n2)n(C)c(=O)n3CC2CC2(F)F)CC1. The molecule has 1 unspecified atom stereocenters. The number of hydrogen-bond acceptors (Lipinski definition) is 3. The summed E-state index contributed by atoms with van der Waals surface area (Å²) in [6.07, 6.45) is 2.14. The lowest BCUT2D eigenvalue weighted by Gasteiger charge is -2.31. The van der Waals surface area contributed by atoms with Crippen LogP contribution in [-0.4, -0.2) is 33.1 Å². The molecule has 2 aromatic heterocycles. The molecular formula is C17H22F2N4O. The van der Waals surface area contributed by atoms with Gasteiger partial charge in [0.15, 0.2) is 5.65 Å². The Bertz CT molecular complexity index is 833. The van der Waals surface area contributed by atoms with Crippen LogP contribution in [0.1, 0.15) is 26.2 Å². The van der Waals surface area contributed by atoms with Crippen LogP contribution in [0.5, 0.6) is 0 Å². The fourth-order valence-electron chi connectivity index (χ4n) is 3.54. The number of nitrogens with zero attached hydrogens (tertiary/aromatic N) is 4. The number of fused-ring (bicyclic) bond motifs is 1. The lowest BCUT2D eigenvalue weighted by Crippen LogP contribution is -2.33. The highest BCUT2D eigenvalue weighted by Crippen LogP contribution is 2.49. The summed E-state index contributed by atoms with van der Waals surface area (Å²) < 4.78 is 29.3. The number of alkyl halides is 2. The number of rotatable bonds is 3. The summed E-state index contributed by atoms with van der Waals surface area (Å²) >= 11 is 0. The standard InChI is InChI=1S/C17H22F2N4O/c1-11-5-7-22(8-6-11)14-4-3-13-15(20-14)21(2)16(24)23(13)10-12-9-17(12,18)19/h3-4,11-12H,5-10H2,1-2H3. The van der Waals surface area contributed by atoms with Crippen LogP contribution in [0.25, 0.3) is 11.2 Å². The van der Waals surface area contributed by atoms with Crippen LogP contribution in [0.2, 0.25) is 0 Å². The zero-order chi connectivity index (χ0) is 17.1. The molecule has 0 spiro atoms. The fraction of sp³-hybridized carbons (Fsp3) is 0.647. The predicted octanol–water partition coefficient (Wildman–Crippen LogP) is 2.63. The van der Waals surface area contributed by atoms with Gasteiger partial charge in [0.1, 0.15) is 5.82 Å². The number of aryl methyl sites for hydroxylation is 1. The van der Waals surface area contributed by atoms with Crippen molar-refractivity contribution in [3.8, 4) is 0 Å². The number of piperidine rings is 1. The lowest BCUT2D eigenvalue weighted by molar-refractivity contribution is 0.0951. The van der Waals surface area contributed by atoms with Crippen molar-refractivity contribution < 1.29 is 8.78 Å². The van der Waals surface area contributed by atoms with E-state index < -0.39 is 11.8 Å². The van der Waals surface area contributed by atoms with Crippen LogP contribution >= 0.6 is 0 Å². The minimum Gasteiger partial charge on any atom is -0.357 e. The summed E-state index contributed by atoms with van der Waals surface area (Å²) in [5.74, 6) is -1.77. The van der Waals surface area contributed by atoms with Gasteiger partial charge in [-0.05, 0) is 30.9 Å². The van der Waals surface area contributed by atoms with E-state index in [9.17, 15) is 13.6 Å². The van der Waals surface area contributed by atoms with Gasteiger partial charge in [-0.1, -0.05) is 6.92 Å². The van der Waals surface area contributed by atoms with E-state index in [1.54, 1.807) is 7.05 Å². The van der Waals surface area contributed by atoms with Crippen molar-refractivity contribution in [2.24, 2.45) is 18.9 Å². The first-order valence-corrected chi connectivity index (χ1v) is 8.56. The van der Waals surface area contributed by atoms with Gasteiger partial charge in [0.25, 0.3) is 5.92 Å². The van der Waals surface area contributed by atoms with E-state index >= 15 is 0 Å². The van der Waals surface area contributed by atoms with Crippen molar-refractivity contribution in [3.63, 3.8) is 0 Å². The number of hydrogen-bond donors (Lipinski definition) is 0. The molecule has 4 rings (SSSR count). The maximum absolute atomic E-state index is 13.2. The van der Waals surface area contributed by atoms with E-state index in [0.29, 0.717) is 11.2 Å². The van der Waals surface area contributed by atoms with Gasteiger partial charge in [-0.3, -0.25) is 9.13 Å². The molecule has 3 heterocycles. The number of pyridine rings is 1. The van der Waals surface area contributed by atoms with Gasteiger partial charge in [0.2, 0.25) is 0 Å². The summed E-state index contributed by atoms with van der Waals surface area (Å²) in [6.45, 7) is 4.24. The highest BCUT2D eigenvalue weighted by Gasteiger charge is 2.57. The Balaban J connectivity index is 1.68. The number of halogens is 2. The number of imidazole rings is 1. The van der Waals surface area contributed by atoms with Gasteiger partial charge in [-0.25, -0.2) is 18.6 Å². The van der Waals surface area contributed by atoms with Crippen LogP contribution in [-0.2, 0) is 13.6 Å². The van der Waals surface area contributed by atoms with E-state index in [0.717, 1.165) is 37.7 Å². The summed E-state index contributed by atoms with van der Waals surface area (Å²) in [5.41, 5.74) is 0.934. The third-order valence-corrected chi connectivity index (χ3v) is 5.43. The Morgan fingerprint density at radius 1 is 1.29 bits per heavy atom. The number of aromatic nitrogens is 3. The van der Waals surface area contributed by atoms with Crippen molar-refractivity contribution in [2.45, 2.75) is 38.7 Å². The first-order valence-electron chi connectivity index (χ1n) is 8.56. The van der Waals surface area contributed by atoms with Crippen LogP contribution < -0.4 is 10.6 Å². The van der Waals surface area contributed by atoms with Crippen LogP contribution in [0.4, 0.5) is 14.6 Å². The Labute approximate surface area is 138 Å². The lowest BCUT2D eigenvalue weighted by atomic mass is 9.99. The Morgan fingerprint density at radius 2 is 1.96 bits per heavy atom. The van der Waals surface area contributed by atoms with Gasteiger partial charge in [0, 0.05) is 39.0 Å². The van der Waals surface area contributed by atoms with Crippen molar-refractivity contribution in [3.05, 3.63) is 22.6 Å². The molecule has 1 aliphatic heterocycles. The molecular weight excluding hydrogens is 314 g/mol. The molecule has 0 amide bonds. The van der Waals surface area contributed by atoms with Gasteiger partial charge < -0.3 is 4.90 Å². The van der Waals surface area contributed by atoms with E-state index in [-0.39, 0.29) is 18.7 Å². The van der Waals surface area contributed by atoms with Gasteiger partial charge >= 0.3 is 5.69 Å². The molecule has 7 heteroatoms. The third-order valence-electron chi connectivity index (χ3n) is 5.43. The Morgan fingerprint density at radius 3 is 2.58 bits per heavy atom. The Hall–Kier alpha value is -1.92. The van der Waals surface area contributed by atoms with Crippen LogP contribution in [0.15, 0.2) is 16.9 Å². The monoisotopic (exact) mass is 336 g/mol. The topological polar surface area (TPSA) is 43.1 Å². The molecule has 2 fully saturated rings. The molecule has 0 bridgehead atoms. The minimum atomic E-state index is -2.63. The highest BCUT2D eigenvalue weighted by molar-refractivity contribution is 5.74. The average Bonchev–Trinajstić information content (AvgIpc) is 3.10. The first-order chi connectivity index (χ1) is 11.4. The van der Waals surface area contributed by atoms with Gasteiger partial charge in [-0.15, -0.1) is 0 Å². The molecule has 0 N–H and O–H groups in total. The molecule has 1 saturated carbocycles. The second-order valence-corrected chi connectivity index (χ2v) is 7.30. The molecule has 24 heavy (non-hydrogen) atoms. The molecule has 1 saturated heterocycles. The number of anilines is 1. The quantitative estimate of drug-likeness (QED) is 0.865. The van der Waals surface area contributed by atoms with E-state index in [1.165, 1.54) is 9.13 Å². The van der Waals surface area contributed by atoms with E-state index in [4.69, 9.17) is 0 Å². The summed E-state index contributed by atoms with van der Waals surface area (Å²) in [5, 5.41) is 0. The minimum absolute atomic E-state index is 0.0609. The second kappa shape index (κ2) is 5.29. The Kier molecular flexibility index (Phi) is 3.44. The molecule has 1 aliphatic carbocycles. The molecule has 0 radical (unpaired) electrons. The summed E-state index contributed by atoms with van der Waals surface area (Å²) in [6, 6.07) is 3.75.